The molecule has 0 aliphatic heterocycles. The van der Waals surface area contributed by atoms with E-state index in [0.717, 1.165) is 25.6 Å². The van der Waals surface area contributed by atoms with Crippen LogP contribution in [0.5, 0.6) is 0 Å². The second-order valence-corrected chi connectivity index (χ2v) is 6.76. The highest BCUT2D eigenvalue weighted by Crippen LogP contribution is 2.25. The van der Waals surface area contributed by atoms with Gasteiger partial charge in [0, 0.05) is 23.5 Å². The summed E-state index contributed by atoms with van der Waals surface area (Å²) in [6.07, 6.45) is 2.43. The first-order chi connectivity index (χ1) is 8.51. The summed E-state index contributed by atoms with van der Waals surface area (Å²) in [4.78, 5) is 3.96. The first-order valence-electron chi connectivity index (χ1n) is 6.99. The summed E-state index contributed by atoms with van der Waals surface area (Å²) in [5.41, 5.74) is 6.19. The average molecular weight is 268 g/mol. The zero-order chi connectivity index (χ0) is 13.6. The van der Waals surface area contributed by atoms with Crippen LogP contribution in [0.2, 0.25) is 0 Å². The largest absolute Gasteiger partial charge is 0.329 e. The number of hydrogen-bond acceptors (Lipinski definition) is 3. The van der Waals surface area contributed by atoms with E-state index in [2.05, 4.69) is 50.1 Å². The van der Waals surface area contributed by atoms with Crippen molar-refractivity contribution in [1.29, 1.82) is 0 Å². The summed E-state index contributed by atoms with van der Waals surface area (Å²) in [6.45, 7) is 11.9. The zero-order valence-corrected chi connectivity index (χ0v) is 13.1. The maximum Gasteiger partial charge on any atom is 0.0333 e. The summed E-state index contributed by atoms with van der Waals surface area (Å²) >= 11 is 1.84. The summed E-state index contributed by atoms with van der Waals surface area (Å²) in [7, 11) is 0. The molecule has 0 saturated heterocycles. The van der Waals surface area contributed by atoms with E-state index in [1.165, 1.54) is 17.7 Å². The Morgan fingerprint density at radius 2 is 2.17 bits per heavy atom. The molecular weight excluding hydrogens is 240 g/mol. The van der Waals surface area contributed by atoms with E-state index in [4.69, 9.17) is 5.73 Å². The third-order valence-corrected chi connectivity index (χ3v) is 4.63. The Kier molecular flexibility index (Phi) is 6.33. The molecule has 1 atom stereocenters. The van der Waals surface area contributed by atoms with Crippen molar-refractivity contribution in [2.24, 2.45) is 11.7 Å². The smallest absolute Gasteiger partial charge is 0.0333 e. The number of hydrogen-bond donors (Lipinski definition) is 1. The number of likely N-dealkylation sites (N-methyl/N-ethyl adjacent to an activating group) is 1. The molecule has 1 aromatic heterocycles. The Balaban J connectivity index is 2.69. The Hall–Kier alpha value is -0.380. The SMILES string of the molecule is CCN(Cc1cccs1)C(C)(CN)CCC(C)C. The van der Waals surface area contributed by atoms with Crippen LogP contribution in [0.25, 0.3) is 0 Å². The maximum absolute atomic E-state index is 6.06. The molecular formula is C15H28N2S. The molecule has 2 N–H and O–H groups in total. The van der Waals surface area contributed by atoms with Crippen molar-refractivity contribution >= 4 is 11.3 Å². The van der Waals surface area contributed by atoms with Crippen LogP contribution in [-0.4, -0.2) is 23.5 Å². The van der Waals surface area contributed by atoms with Gasteiger partial charge in [-0.25, -0.2) is 0 Å². The normalized spacial score (nSPS) is 15.3. The summed E-state index contributed by atoms with van der Waals surface area (Å²) in [6, 6.07) is 4.34. The molecule has 0 saturated carbocycles. The second kappa shape index (κ2) is 7.27. The van der Waals surface area contributed by atoms with E-state index in [0.29, 0.717) is 0 Å². The minimum Gasteiger partial charge on any atom is -0.329 e. The van der Waals surface area contributed by atoms with Crippen molar-refractivity contribution < 1.29 is 0 Å². The highest BCUT2D eigenvalue weighted by Gasteiger charge is 2.29. The Morgan fingerprint density at radius 1 is 1.44 bits per heavy atom. The third-order valence-electron chi connectivity index (χ3n) is 3.77. The van der Waals surface area contributed by atoms with Crippen LogP contribution >= 0.6 is 11.3 Å². The van der Waals surface area contributed by atoms with Crippen LogP contribution in [0.15, 0.2) is 17.5 Å². The molecule has 0 bridgehead atoms. The van der Waals surface area contributed by atoms with Gasteiger partial charge < -0.3 is 5.73 Å². The predicted octanol–water partition coefficient (Wildman–Crippen LogP) is 3.72. The number of nitrogens with two attached hydrogens (primary N) is 1. The average Bonchev–Trinajstić information content (AvgIpc) is 2.86. The summed E-state index contributed by atoms with van der Waals surface area (Å²) in [5.74, 6) is 0.747. The van der Waals surface area contributed by atoms with Gasteiger partial charge in [-0.3, -0.25) is 4.90 Å². The number of nitrogens with zero attached hydrogens (tertiary/aromatic N) is 1. The van der Waals surface area contributed by atoms with Crippen LogP contribution in [0, 0.1) is 5.92 Å². The van der Waals surface area contributed by atoms with Gasteiger partial charge in [0.2, 0.25) is 0 Å². The fourth-order valence-electron chi connectivity index (χ4n) is 2.26. The molecule has 0 aliphatic carbocycles. The first kappa shape index (κ1) is 15.7. The van der Waals surface area contributed by atoms with E-state index in [1.807, 2.05) is 11.3 Å². The lowest BCUT2D eigenvalue weighted by molar-refractivity contribution is 0.0947. The van der Waals surface area contributed by atoms with Crippen molar-refractivity contribution in [1.82, 2.24) is 4.90 Å². The van der Waals surface area contributed by atoms with Crippen LogP contribution in [0.4, 0.5) is 0 Å². The molecule has 1 heterocycles. The quantitative estimate of drug-likeness (QED) is 0.778. The summed E-state index contributed by atoms with van der Waals surface area (Å²) in [5, 5.41) is 2.15. The van der Waals surface area contributed by atoms with Gasteiger partial charge in [-0.05, 0) is 43.7 Å². The molecule has 2 nitrogen and oxygen atoms in total. The standard InChI is InChI=1S/C15H28N2S/c1-5-17(11-14-7-6-10-18-14)15(4,12-16)9-8-13(2)3/h6-7,10,13H,5,8-9,11-12,16H2,1-4H3. The third kappa shape index (κ3) is 4.38. The second-order valence-electron chi connectivity index (χ2n) is 5.73. The minimum atomic E-state index is 0.128. The molecule has 1 rings (SSSR count). The van der Waals surface area contributed by atoms with Crippen LogP contribution in [-0.2, 0) is 6.54 Å². The van der Waals surface area contributed by atoms with Gasteiger partial charge in [0.15, 0.2) is 0 Å². The Bertz CT molecular complexity index is 321. The van der Waals surface area contributed by atoms with E-state index in [1.54, 1.807) is 0 Å². The molecule has 3 heteroatoms. The van der Waals surface area contributed by atoms with E-state index in [9.17, 15) is 0 Å². The van der Waals surface area contributed by atoms with E-state index >= 15 is 0 Å². The molecule has 18 heavy (non-hydrogen) atoms. The van der Waals surface area contributed by atoms with Crippen molar-refractivity contribution in [2.75, 3.05) is 13.1 Å². The fourth-order valence-corrected chi connectivity index (χ4v) is 2.98. The lowest BCUT2D eigenvalue weighted by Gasteiger charge is -2.40. The Morgan fingerprint density at radius 3 is 2.61 bits per heavy atom. The van der Waals surface area contributed by atoms with Gasteiger partial charge >= 0.3 is 0 Å². The highest BCUT2D eigenvalue weighted by molar-refractivity contribution is 7.09. The molecule has 0 fully saturated rings. The fraction of sp³-hybridized carbons (Fsp3) is 0.733. The van der Waals surface area contributed by atoms with Crippen molar-refractivity contribution in [3.8, 4) is 0 Å². The molecule has 0 radical (unpaired) electrons. The minimum absolute atomic E-state index is 0.128. The molecule has 0 aromatic carbocycles. The lowest BCUT2D eigenvalue weighted by Crippen LogP contribution is -2.51. The molecule has 1 unspecified atom stereocenters. The maximum atomic E-state index is 6.06. The van der Waals surface area contributed by atoms with Gasteiger partial charge in [0.05, 0.1) is 0 Å². The van der Waals surface area contributed by atoms with Crippen LogP contribution in [0.3, 0.4) is 0 Å². The zero-order valence-electron chi connectivity index (χ0n) is 12.3. The van der Waals surface area contributed by atoms with Crippen molar-refractivity contribution in [2.45, 2.75) is 52.6 Å². The van der Waals surface area contributed by atoms with Crippen LogP contribution in [0.1, 0.15) is 45.4 Å². The van der Waals surface area contributed by atoms with Gasteiger partial charge in [-0.2, -0.15) is 0 Å². The number of thiophene rings is 1. The topological polar surface area (TPSA) is 29.3 Å². The molecule has 1 aromatic rings. The molecule has 104 valence electrons. The van der Waals surface area contributed by atoms with Crippen molar-refractivity contribution in [3.63, 3.8) is 0 Å². The predicted molar refractivity (Wildman–Crippen MR) is 81.9 cm³/mol. The van der Waals surface area contributed by atoms with E-state index < -0.39 is 0 Å². The molecule has 0 spiro atoms. The van der Waals surface area contributed by atoms with Crippen LogP contribution < -0.4 is 5.73 Å². The van der Waals surface area contributed by atoms with Crippen molar-refractivity contribution in [3.05, 3.63) is 22.4 Å². The first-order valence-corrected chi connectivity index (χ1v) is 7.87. The van der Waals surface area contributed by atoms with Gasteiger partial charge in [-0.15, -0.1) is 11.3 Å². The number of rotatable bonds is 8. The van der Waals surface area contributed by atoms with E-state index in [-0.39, 0.29) is 5.54 Å². The summed E-state index contributed by atoms with van der Waals surface area (Å²) < 4.78 is 0. The Labute approximate surface area is 116 Å². The van der Waals surface area contributed by atoms with Gasteiger partial charge in [-0.1, -0.05) is 26.8 Å². The molecule has 0 amide bonds. The monoisotopic (exact) mass is 268 g/mol. The highest BCUT2D eigenvalue weighted by atomic mass is 32.1. The van der Waals surface area contributed by atoms with Gasteiger partial charge in [0.1, 0.15) is 0 Å². The molecule has 0 aliphatic rings. The van der Waals surface area contributed by atoms with Gasteiger partial charge in [0.25, 0.3) is 0 Å². The lowest BCUT2D eigenvalue weighted by atomic mass is 9.90.